The van der Waals surface area contributed by atoms with Crippen molar-refractivity contribution in [2.75, 3.05) is 7.11 Å². The Hall–Kier alpha value is -0.370. The van der Waals surface area contributed by atoms with Crippen LogP contribution in [0.3, 0.4) is 0 Å². The lowest BCUT2D eigenvalue weighted by Crippen LogP contribution is -2.40. The molecule has 0 heterocycles. The highest BCUT2D eigenvalue weighted by Gasteiger charge is 2.32. The van der Waals surface area contributed by atoms with Gasteiger partial charge in [-0.15, -0.1) is 0 Å². The van der Waals surface area contributed by atoms with Crippen molar-refractivity contribution in [3.05, 3.63) is 27.7 Å². The summed E-state index contributed by atoms with van der Waals surface area (Å²) < 4.78 is 32.8. The summed E-state index contributed by atoms with van der Waals surface area (Å²) in [6.45, 7) is -0.425. The smallest absolute Gasteiger partial charge is 0.242 e. The van der Waals surface area contributed by atoms with Crippen LogP contribution in [0, 0.1) is 0 Å². The maximum absolute atomic E-state index is 12.5. The Labute approximate surface area is 134 Å². The molecule has 1 saturated carbocycles. The first-order chi connectivity index (χ1) is 9.90. The number of hydrogen-bond donors (Lipinski definition) is 2. The van der Waals surface area contributed by atoms with Crippen molar-refractivity contribution in [2.45, 2.75) is 42.9 Å². The Morgan fingerprint density at radius 3 is 2.71 bits per heavy atom. The minimum atomic E-state index is -3.80. The lowest BCUT2D eigenvalue weighted by molar-refractivity contribution is 0.0916. The molecule has 1 aromatic carbocycles. The van der Waals surface area contributed by atoms with Gasteiger partial charge in [0.05, 0.1) is 17.7 Å². The fourth-order valence-electron chi connectivity index (χ4n) is 2.53. The van der Waals surface area contributed by atoms with Crippen LogP contribution in [0.1, 0.15) is 24.8 Å². The van der Waals surface area contributed by atoms with Crippen molar-refractivity contribution in [3.63, 3.8) is 0 Å². The van der Waals surface area contributed by atoms with Crippen LogP contribution in [0.15, 0.2) is 17.0 Å². The predicted molar refractivity (Wildman–Crippen MR) is 81.1 cm³/mol. The quantitative estimate of drug-likeness (QED) is 0.851. The Morgan fingerprint density at radius 1 is 1.38 bits per heavy atom. The predicted octanol–water partition coefficient (Wildman–Crippen LogP) is 2.33. The van der Waals surface area contributed by atoms with Crippen LogP contribution in [0.25, 0.3) is 0 Å². The van der Waals surface area contributed by atoms with E-state index >= 15 is 0 Å². The van der Waals surface area contributed by atoms with Crippen molar-refractivity contribution in [3.8, 4) is 0 Å². The summed E-state index contributed by atoms with van der Waals surface area (Å²) in [6.07, 6.45) is 2.31. The summed E-state index contributed by atoms with van der Waals surface area (Å²) >= 11 is 11.9. The van der Waals surface area contributed by atoms with Gasteiger partial charge in [-0.1, -0.05) is 23.2 Å². The number of hydrogen-bond acceptors (Lipinski definition) is 4. The van der Waals surface area contributed by atoms with E-state index < -0.39 is 16.6 Å². The van der Waals surface area contributed by atoms with Crippen molar-refractivity contribution < 1.29 is 18.3 Å². The van der Waals surface area contributed by atoms with Crippen molar-refractivity contribution >= 4 is 33.2 Å². The minimum absolute atomic E-state index is 0.0514. The van der Waals surface area contributed by atoms with E-state index in [4.69, 9.17) is 27.9 Å². The zero-order valence-corrected chi connectivity index (χ0v) is 13.8. The van der Waals surface area contributed by atoms with Crippen LogP contribution < -0.4 is 4.72 Å². The van der Waals surface area contributed by atoms with E-state index in [1.165, 1.54) is 12.1 Å². The second-order valence-electron chi connectivity index (χ2n) is 4.93. The van der Waals surface area contributed by atoms with Gasteiger partial charge in [-0.25, -0.2) is 13.1 Å². The normalized spacial score (nSPS) is 22.7. The molecule has 2 unspecified atom stereocenters. The third-order valence-corrected chi connectivity index (χ3v) is 6.09. The average molecular weight is 354 g/mol. The molecule has 0 bridgehead atoms. The molecule has 0 radical (unpaired) electrons. The van der Waals surface area contributed by atoms with Crippen molar-refractivity contribution in [1.29, 1.82) is 0 Å². The van der Waals surface area contributed by atoms with Crippen LogP contribution in [0.2, 0.25) is 10.0 Å². The van der Waals surface area contributed by atoms with E-state index in [2.05, 4.69) is 4.72 Å². The molecule has 2 N–H and O–H groups in total. The highest BCUT2D eigenvalue weighted by Crippen LogP contribution is 2.32. The zero-order chi connectivity index (χ0) is 15.6. The Bertz CT molecular complexity index is 621. The topological polar surface area (TPSA) is 75.6 Å². The summed E-state index contributed by atoms with van der Waals surface area (Å²) in [5.41, 5.74) is 0.205. The average Bonchev–Trinajstić information content (AvgIpc) is 2.85. The van der Waals surface area contributed by atoms with E-state index in [1.54, 1.807) is 7.11 Å². The molecule has 0 aliphatic heterocycles. The molecule has 0 spiro atoms. The first-order valence-electron chi connectivity index (χ1n) is 6.53. The third-order valence-electron chi connectivity index (χ3n) is 3.66. The molecule has 0 amide bonds. The molecule has 1 aromatic rings. The Balaban J connectivity index is 2.32. The van der Waals surface area contributed by atoms with Gasteiger partial charge in [-0.3, -0.25) is 0 Å². The van der Waals surface area contributed by atoms with Crippen LogP contribution >= 0.6 is 23.2 Å². The van der Waals surface area contributed by atoms with Crippen LogP contribution in [-0.2, 0) is 21.4 Å². The molecular formula is C13H17Cl2NO4S. The SMILES string of the molecule is COC1CCCC1NS(=O)(=O)c1ccc(Cl)c(CO)c1Cl. The lowest BCUT2D eigenvalue weighted by atomic mass is 10.2. The number of aliphatic hydroxyl groups excluding tert-OH is 1. The van der Waals surface area contributed by atoms with Crippen LogP contribution in [-0.4, -0.2) is 32.8 Å². The van der Waals surface area contributed by atoms with Gasteiger partial charge in [0.25, 0.3) is 0 Å². The number of benzene rings is 1. The van der Waals surface area contributed by atoms with Crippen molar-refractivity contribution in [1.82, 2.24) is 4.72 Å². The molecule has 2 rings (SSSR count). The number of halogens is 2. The highest BCUT2D eigenvalue weighted by atomic mass is 35.5. The molecule has 1 fully saturated rings. The number of ether oxygens (including phenoxy) is 1. The van der Waals surface area contributed by atoms with E-state index in [1.807, 2.05) is 0 Å². The Kier molecular flexibility index (Phi) is 5.51. The summed E-state index contributed by atoms with van der Waals surface area (Å²) in [5.74, 6) is 0. The first kappa shape index (κ1) is 17.0. The monoisotopic (exact) mass is 353 g/mol. The Morgan fingerprint density at radius 2 is 2.10 bits per heavy atom. The van der Waals surface area contributed by atoms with Gasteiger partial charge in [0.2, 0.25) is 10.0 Å². The number of methoxy groups -OCH3 is 1. The van der Waals surface area contributed by atoms with Gasteiger partial charge < -0.3 is 9.84 Å². The molecular weight excluding hydrogens is 337 g/mol. The summed E-state index contributed by atoms with van der Waals surface area (Å²) in [4.78, 5) is -0.0839. The van der Waals surface area contributed by atoms with Crippen molar-refractivity contribution in [2.24, 2.45) is 0 Å². The maximum atomic E-state index is 12.5. The standard InChI is InChI=1S/C13H17Cl2NO4S/c1-20-11-4-2-3-10(11)16-21(18,19)12-6-5-9(14)8(7-17)13(12)15/h5-6,10-11,16-17H,2-4,7H2,1H3. The summed E-state index contributed by atoms with van der Waals surface area (Å²) in [7, 11) is -2.23. The van der Waals surface area contributed by atoms with Gasteiger partial charge in [0.1, 0.15) is 4.90 Å². The molecule has 0 saturated heterocycles. The molecule has 8 heteroatoms. The third kappa shape index (κ3) is 3.52. The van der Waals surface area contributed by atoms with E-state index in [0.29, 0.717) is 0 Å². The van der Waals surface area contributed by atoms with Gasteiger partial charge in [0.15, 0.2) is 0 Å². The number of aliphatic hydroxyl groups is 1. The first-order valence-corrected chi connectivity index (χ1v) is 8.77. The van der Waals surface area contributed by atoms with Crippen LogP contribution in [0.5, 0.6) is 0 Å². The molecule has 5 nitrogen and oxygen atoms in total. The van der Waals surface area contributed by atoms with Gasteiger partial charge in [0, 0.05) is 23.7 Å². The molecule has 1 aliphatic carbocycles. The van der Waals surface area contributed by atoms with Crippen LogP contribution in [0.4, 0.5) is 0 Å². The number of nitrogens with one attached hydrogen (secondary N) is 1. The van der Waals surface area contributed by atoms with E-state index in [-0.39, 0.29) is 32.7 Å². The number of rotatable bonds is 5. The molecule has 118 valence electrons. The summed E-state index contributed by atoms with van der Waals surface area (Å²) in [5, 5.41) is 9.43. The van der Waals surface area contributed by atoms with Gasteiger partial charge in [-0.05, 0) is 31.4 Å². The highest BCUT2D eigenvalue weighted by molar-refractivity contribution is 7.89. The molecule has 1 aliphatic rings. The fourth-order valence-corrected chi connectivity index (χ4v) is 4.73. The molecule has 21 heavy (non-hydrogen) atoms. The molecule has 2 atom stereocenters. The molecule has 0 aromatic heterocycles. The lowest BCUT2D eigenvalue weighted by Gasteiger charge is -2.20. The second-order valence-corrected chi connectivity index (χ2v) is 7.40. The van der Waals surface area contributed by atoms with Gasteiger partial charge >= 0.3 is 0 Å². The minimum Gasteiger partial charge on any atom is -0.392 e. The van der Waals surface area contributed by atoms with E-state index in [0.717, 1.165) is 19.3 Å². The summed E-state index contributed by atoms with van der Waals surface area (Å²) in [6, 6.07) is 2.48. The van der Waals surface area contributed by atoms with Gasteiger partial charge in [-0.2, -0.15) is 0 Å². The fraction of sp³-hybridized carbons (Fsp3) is 0.538. The van der Waals surface area contributed by atoms with E-state index in [9.17, 15) is 13.5 Å². The maximum Gasteiger partial charge on any atom is 0.242 e. The largest absolute Gasteiger partial charge is 0.392 e. The number of sulfonamides is 1. The second kappa shape index (κ2) is 6.81. The zero-order valence-electron chi connectivity index (χ0n) is 11.5.